The van der Waals surface area contributed by atoms with Crippen LogP contribution >= 0.6 is 0 Å². The lowest BCUT2D eigenvalue weighted by Gasteiger charge is -2.45. The van der Waals surface area contributed by atoms with E-state index in [2.05, 4.69) is 5.32 Å². The topological polar surface area (TPSA) is 50.8 Å². The molecule has 1 fully saturated rings. The molecule has 0 radical (unpaired) electrons. The molecule has 100 valence electrons. The molecule has 0 unspecified atom stereocenters. The highest BCUT2D eigenvalue weighted by Gasteiger charge is 2.39. The zero-order valence-electron chi connectivity index (χ0n) is 11.4. The van der Waals surface area contributed by atoms with Crippen molar-refractivity contribution < 1.29 is 14.3 Å². The summed E-state index contributed by atoms with van der Waals surface area (Å²) >= 11 is 0. The number of nitrogens with one attached hydrogen (secondary N) is 1. The molecule has 0 aromatic heterocycles. The fourth-order valence-corrected chi connectivity index (χ4v) is 2.36. The first-order valence-electron chi connectivity index (χ1n) is 6.02. The monoisotopic (exact) mass is 244 g/mol. The molecule has 0 spiro atoms. The first kappa shape index (κ1) is 14.3. The second-order valence-electron chi connectivity index (χ2n) is 5.35. The lowest BCUT2D eigenvalue weighted by atomic mass is 9.95. The van der Waals surface area contributed by atoms with Crippen LogP contribution in [-0.4, -0.2) is 56.0 Å². The number of ether oxygens (including phenoxy) is 2. The Morgan fingerprint density at radius 1 is 1.35 bits per heavy atom. The number of rotatable bonds is 2. The van der Waals surface area contributed by atoms with Crippen LogP contribution in [0.5, 0.6) is 0 Å². The highest BCUT2D eigenvalue weighted by Crippen LogP contribution is 2.24. The maximum atomic E-state index is 11.9. The van der Waals surface area contributed by atoms with Gasteiger partial charge in [0.2, 0.25) is 0 Å². The Labute approximate surface area is 103 Å². The molecule has 5 heteroatoms. The maximum absolute atomic E-state index is 11.9. The van der Waals surface area contributed by atoms with E-state index in [1.807, 2.05) is 20.8 Å². The number of hydrogen-bond acceptors (Lipinski definition) is 4. The van der Waals surface area contributed by atoms with Gasteiger partial charge >= 0.3 is 6.09 Å². The molecule has 1 aliphatic rings. The van der Waals surface area contributed by atoms with Crippen LogP contribution in [-0.2, 0) is 9.47 Å². The molecule has 1 rings (SSSR count). The van der Waals surface area contributed by atoms with E-state index in [9.17, 15) is 4.79 Å². The molecule has 1 aliphatic heterocycles. The third-order valence-corrected chi connectivity index (χ3v) is 3.12. The molecule has 1 amide bonds. The highest BCUT2D eigenvalue weighted by molar-refractivity contribution is 5.69. The minimum Gasteiger partial charge on any atom is -0.453 e. The van der Waals surface area contributed by atoms with Gasteiger partial charge in [-0.3, -0.25) is 4.90 Å². The summed E-state index contributed by atoms with van der Waals surface area (Å²) in [5.74, 6) is 0. The van der Waals surface area contributed by atoms with E-state index in [1.54, 1.807) is 12.0 Å². The normalized spacial score (nSPS) is 25.5. The summed E-state index contributed by atoms with van der Waals surface area (Å²) in [4.78, 5) is 13.7. The molecule has 5 nitrogen and oxygen atoms in total. The Kier molecular flexibility index (Phi) is 4.77. The average Bonchev–Trinajstić information content (AvgIpc) is 2.28. The first-order valence-corrected chi connectivity index (χ1v) is 6.02. The minimum atomic E-state index is -0.286. The molecule has 0 aromatic rings. The fourth-order valence-electron chi connectivity index (χ4n) is 2.36. The molecule has 17 heavy (non-hydrogen) atoms. The van der Waals surface area contributed by atoms with E-state index in [4.69, 9.17) is 9.47 Å². The standard InChI is InChI=1S/C12H24N2O3/c1-12(2,3)14(11(15)17-5)9-6-7-13-8-10(9)16-4/h9-10,13H,6-8H2,1-5H3/t9-,10-/m1/s1. The average molecular weight is 244 g/mol. The zero-order chi connectivity index (χ0) is 13.1. The van der Waals surface area contributed by atoms with Crippen molar-refractivity contribution in [3.63, 3.8) is 0 Å². The molecule has 1 saturated heterocycles. The van der Waals surface area contributed by atoms with Crippen molar-refractivity contribution >= 4 is 6.09 Å². The Hall–Kier alpha value is -0.810. The van der Waals surface area contributed by atoms with Crippen molar-refractivity contribution in [1.29, 1.82) is 0 Å². The van der Waals surface area contributed by atoms with Gasteiger partial charge in [0.05, 0.1) is 19.3 Å². The molecule has 0 aromatic carbocycles. The molecule has 0 bridgehead atoms. The van der Waals surface area contributed by atoms with E-state index in [-0.39, 0.29) is 23.8 Å². The van der Waals surface area contributed by atoms with Crippen molar-refractivity contribution in [2.24, 2.45) is 0 Å². The summed E-state index contributed by atoms with van der Waals surface area (Å²) in [7, 11) is 3.10. The van der Waals surface area contributed by atoms with E-state index in [0.29, 0.717) is 0 Å². The van der Waals surface area contributed by atoms with Crippen molar-refractivity contribution in [2.75, 3.05) is 27.3 Å². The summed E-state index contributed by atoms with van der Waals surface area (Å²) < 4.78 is 10.4. The summed E-state index contributed by atoms with van der Waals surface area (Å²) in [5, 5.41) is 3.28. The summed E-state index contributed by atoms with van der Waals surface area (Å²) in [6, 6.07) is 0.0636. The number of amides is 1. The van der Waals surface area contributed by atoms with Gasteiger partial charge in [-0.25, -0.2) is 4.79 Å². The number of carbonyl (C=O) groups excluding carboxylic acids is 1. The number of piperidine rings is 1. The fraction of sp³-hybridized carbons (Fsp3) is 0.917. The minimum absolute atomic E-state index is 0.0158. The molecule has 0 aliphatic carbocycles. The van der Waals surface area contributed by atoms with Gasteiger partial charge in [-0.15, -0.1) is 0 Å². The van der Waals surface area contributed by atoms with Crippen LogP contribution in [0.15, 0.2) is 0 Å². The van der Waals surface area contributed by atoms with Crippen molar-refractivity contribution in [2.45, 2.75) is 44.9 Å². The SMILES string of the molecule is COC(=O)N([C@@H]1CCNC[C@H]1OC)C(C)(C)C. The van der Waals surface area contributed by atoms with Crippen molar-refractivity contribution in [3.05, 3.63) is 0 Å². The number of methoxy groups -OCH3 is 2. The Bertz CT molecular complexity index is 263. The van der Waals surface area contributed by atoms with Crippen LogP contribution in [0, 0.1) is 0 Å². The summed E-state index contributed by atoms with van der Waals surface area (Å²) in [6.07, 6.45) is 0.610. The number of carbonyl (C=O) groups is 1. The smallest absolute Gasteiger partial charge is 0.410 e. The van der Waals surface area contributed by atoms with Crippen LogP contribution in [0.3, 0.4) is 0 Å². The largest absolute Gasteiger partial charge is 0.453 e. The second-order valence-corrected chi connectivity index (χ2v) is 5.35. The molecule has 2 atom stereocenters. The van der Waals surface area contributed by atoms with Gasteiger partial charge in [-0.05, 0) is 33.7 Å². The Morgan fingerprint density at radius 3 is 2.47 bits per heavy atom. The molecular formula is C12H24N2O3. The third-order valence-electron chi connectivity index (χ3n) is 3.12. The Morgan fingerprint density at radius 2 is 2.00 bits per heavy atom. The lowest BCUT2D eigenvalue weighted by molar-refractivity contribution is -0.0299. The highest BCUT2D eigenvalue weighted by atomic mass is 16.5. The quantitative estimate of drug-likeness (QED) is 0.794. The Balaban J connectivity index is 2.91. The van der Waals surface area contributed by atoms with Gasteiger partial charge < -0.3 is 14.8 Å². The zero-order valence-corrected chi connectivity index (χ0v) is 11.4. The van der Waals surface area contributed by atoms with E-state index in [1.165, 1.54) is 7.11 Å². The molecule has 0 saturated carbocycles. The van der Waals surface area contributed by atoms with Crippen LogP contribution in [0.4, 0.5) is 4.79 Å². The predicted octanol–water partition coefficient (Wildman–Crippen LogP) is 1.23. The number of hydrogen-bond donors (Lipinski definition) is 1. The van der Waals surface area contributed by atoms with Crippen LogP contribution in [0.2, 0.25) is 0 Å². The maximum Gasteiger partial charge on any atom is 0.410 e. The van der Waals surface area contributed by atoms with E-state index < -0.39 is 0 Å². The van der Waals surface area contributed by atoms with E-state index >= 15 is 0 Å². The van der Waals surface area contributed by atoms with Crippen LogP contribution in [0.1, 0.15) is 27.2 Å². The third kappa shape index (κ3) is 3.33. The van der Waals surface area contributed by atoms with E-state index in [0.717, 1.165) is 19.5 Å². The van der Waals surface area contributed by atoms with Gasteiger partial charge in [-0.2, -0.15) is 0 Å². The van der Waals surface area contributed by atoms with Crippen molar-refractivity contribution in [3.8, 4) is 0 Å². The van der Waals surface area contributed by atoms with Gasteiger partial charge in [0.1, 0.15) is 0 Å². The molecule has 1 heterocycles. The van der Waals surface area contributed by atoms with Gasteiger partial charge in [0.15, 0.2) is 0 Å². The molecular weight excluding hydrogens is 220 g/mol. The van der Waals surface area contributed by atoms with Gasteiger partial charge in [0.25, 0.3) is 0 Å². The summed E-state index contributed by atoms with van der Waals surface area (Å²) in [6.45, 7) is 7.70. The lowest BCUT2D eigenvalue weighted by Crippen LogP contribution is -2.60. The van der Waals surface area contributed by atoms with Crippen LogP contribution < -0.4 is 5.32 Å². The van der Waals surface area contributed by atoms with Gasteiger partial charge in [-0.1, -0.05) is 0 Å². The molecule has 1 N–H and O–H groups in total. The second kappa shape index (κ2) is 5.69. The number of nitrogens with zero attached hydrogens (tertiary/aromatic N) is 1. The summed E-state index contributed by atoms with van der Waals surface area (Å²) in [5.41, 5.74) is -0.272. The van der Waals surface area contributed by atoms with Gasteiger partial charge in [0, 0.05) is 19.2 Å². The first-order chi connectivity index (χ1) is 7.91. The van der Waals surface area contributed by atoms with Crippen LogP contribution in [0.25, 0.3) is 0 Å². The predicted molar refractivity (Wildman–Crippen MR) is 66.1 cm³/mol. The van der Waals surface area contributed by atoms with Crippen molar-refractivity contribution in [1.82, 2.24) is 10.2 Å².